The van der Waals surface area contributed by atoms with Crippen LogP contribution in [0.1, 0.15) is 11.1 Å². The van der Waals surface area contributed by atoms with Gasteiger partial charge in [0, 0.05) is 0 Å². The monoisotopic (exact) mass is 398 g/mol. The number of halogens is 14. The Kier molecular flexibility index (Phi) is 3.67. The van der Waals surface area contributed by atoms with Crippen LogP contribution in [0.3, 0.4) is 0 Å². The second-order valence-electron chi connectivity index (χ2n) is 4.89. The summed E-state index contributed by atoms with van der Waals surface area (Å²) in [5.41, 5.74) is -20.3. The Morgan fingerprint density at radius 3 is 1.16 bits per heavy atom. The molecule has 25 heavy (non-hydrogen) atoms. The zero-order chi connectivity index (χ0) is 20.0. The average Bonchev–Trinajstić information content (AvgIpc) is 2.43. The number of hydrogen-bond acceptors (Lipinski definition) is 0. The van der Waals surface area contributed by atoms with Gasteiger partial charge in [-0.25, -0.2) is 26.3 Å². The van der Waals surface area contributed by atoms with Gasteiger partial charge in [0.25, 0.3) is 5.67 Å². The van der Waals surface area contributed by atoms with Crippen molar-refractivity contribution in [3.05, 3.63) is 34.4 Å². The fourth-order valence-electron chi connectivity index (χ4n) is 2.46. The van der Waals surface area contributed by atoms with E-state index in [0.717, 1.165) is 0 Å². The maximum Gasteiger partial charge on any atom is 0.435 e. The van der Waals surface area contributed by atoms with Crippen LogP contribution in [0.5, 0.6) is 0 Å². The van der Waals surface area contributed by atoms with Crippen LogP contribution in [0, 0.1) is 23.3 Å². The van der Waals surface area contributed by atoms with Crippen molar-refractivity contribution < 1.29 is 61.5 Å². The molecule has 0 amide bonds. The number of benzene rings is 1. The first-order chi connectivity index (χ1) is 10.9. The molecule has 0 fully saturated rings. The van der Waals surface area contributed by atoms with E-state index < -0.39 is 64.0 Å². The molecule has 1 aliphatic rings. The summed E-state index contributed by atoms with van der Waals surface area (Å²) in [6.07, 6.45) is -14.9. The third-order valence-electron chi connectivity index (χ3n) is 3.61. The molecule has 1 atom stereocenters. The smallest absolute Gasteiger partial charge is 0.227 e. The minimum Gasteiger partial charge on any atom is -0.227 e. The zero-order valence-corrected chi connectivity index (χ0v) is 10.8. The molecule has 0 nitrogen and oxygen atoms in total. The molecule has 0 saturated heterocycles. The molecule has 0 spiro atoms. The number of alkyl halides is 10. The van der Waals surface area contributed by atoms with Crippen molar-refractivity contribution in [1.29, 1.82) is 0 Å². The van der Waals surface area contributed by atoms with E-state index in [1.165, 1.54) is 0 Å². The van der Waals surface area contributed by atoms with Gasteiger partial charge >= 0.3 is 23.9 Å². The van der Waals surface area contributed by atoms with Crippen molar-refractivity contribution >= 4 is 0 Å². The summed E-state index contributed by atoms with van der Waals surface area (Å²) >= 11 is 0. The Bertz CT molecular complexity index is 727. The standard InChI is InChI=1S/C11F14/c12-3-1-2(4(13)6(15)5(3)14)8(17,18)7(1,16)9(19,10(20,21)22)11(23,24)25/t7-/m0/s1. The quantitative estimate of drug-likeness (QED) is 0.340. The molecular formula is C11F14. The summed E-state index contributed by atoms with van der Waals surface area (Å²) < 4.78 is 183. The molecule has 0 N–H and O–H groups in total. The molecule has 0 bridgehead atoms. The number of hydrogen-bond donors (Lipinski definition) is 0. The van der Waals surface area contributed by atoms with Crippen LogP contribution >= 0.6 is 0 Å². The second-order valence-corrected chi connectivity index (χ2v) is 4.89. The SMILES string of the molecule is Fc1c(F)c(F)c2c(c1F)C(F)(F)[C@]2(F)C(F)(C(F)(F)F)C(F)(F)F. The fraction of sp³-hybridized carbons (Fsp3) is 0.455. The first-order valence-corrected chi connectivity index (χ1v) is 5.65. The maximum atomic E-state index is 14.2. The largest absolute Gasteiger partial charge is 0.435 e. The minimum absolute atomic E-state index is 2.98. The molecular weight excluding hydrogens is 398 g/mol. The summed E-state index contributed by atoms with van der Waals surface area (Å²) in [6.45, 7) is 0. The van der Waals surface area contributed by atoms with E-state index in [2.05, 4.69) is 0 Å². The van der Waals surface area contributed by atoms with Gasteiger partial charge < -0.3 is 0 Å². The fourth-order valence-corrected chi connectivity index (χ4v) is 2.46. The lowest BCUT2D eigenvalue weighted by Gasteiger charge is -2.51. The van der Waals surface area contributed by atoms with Gasteiger partial charge in [0.15, 0.2) is 23.3 Å². The Hall–Kier alpha value is -1.76. The summed E-state index contributed by atoms with van der Waals surface area (Å²) in [6, 6.07) is 0. The highest BCUT2D eigenvalue weighted by Crippen LogP contribution is 2.72. The zero-order valence-electron chi connectivity index (χ0n) is 10.8. The molecule has 0 unspecified atom stereocenters. The van der Waals surface area contributed by atoms with E-state index in [-0.39, 0.29) is 0 Å². The van der Waals surface area contributed by atoms with Gasteiger partial charge in [0.05, 0.1) is 11.1 Å². The van der Waals surface area contributed by atoms with Gasteiger partial charge in [0.2, 0.25) is 0 Å². The normalized spacial score (nSPS) is 23.3. The lowest BCUT2D eigenvalue weighted by Crippen LogP contribution is -2.73. The molecule has 0 aromatic heterocycles. The summed E-state index contributed by atoms with van der Waals surface area (Å²) in [4.78, 5) is 0. The molecule has 142 valence electrons. The van der Waals surface area contributed by atoms with E-state index in [1.807, 2.05) is 0 Å². The summed E-state index contributed by atoms with van der Waals surface area (Å²) in [5, 5.41) is 0. The molecule has 0 saturated carbocycles. The molecule has 1 aliphatic carbocycles. The lowest BCUT2D eigenvalue weighted by molar-refractivity contribution is -0.416. The van der Waals surface area contributed by atoms with E-state index in [0.29, 0.717) is 0 Å². The van der Waals surface area contributed by atoms with Gasteiger partial charge in [-0.1, -0.05) is 0 Å². The van der Waals surface area contributed by atoms with Crippen molar-refractivity contribution in [3.63, 3.8) is 0 Å². The van der Waals surface area contributed by atoms with E-state index >= 15 is 0 Å². The van der Waals surface area contributed by atoms with Crippen molar-refractivity contribution in [2.24, 2.45) is 0 Å². The van der Waals surface area contributed by atoms with Gasteiger partial charge in [-0.05, 0) is 0 Å². The molecule has 14 heteroatoms. The molecule has 1 aromatic rings. The molecule has 0 heterocycles. The van der Waals surface area contributed by atoms with Crippen molar-refractivity contribution in [2.75, 3.05) is 0 Å². The Balaban J connectivity index is 3.01. The lowest BCUT2D eigenvalue weighted by atomic mass is 9.61. The van der Waals surface area contributed by atoms with Gasteiger partial charge in [0.1, 0.15) is 0 Å². The van der Waals surface area contributed by atoms with Crippen LogP contribution < -0.4 is 0 Å². The maximum absolute atomic E-state index is 14.2. The van der Waals surface area contributed by atoms with Crippen LogP contribution in [0.2, 0.25) is 0 Å². The van der Waals surface area contributed by atoms with Crippen LogP contribution in [-0.2, 0) is 11.6 Å². The molecule has 0 aliphatic heterocycles. The van der Waals surface area contributed by atoms with Crippen LogP contribution in [0.4, 0.5) is 61.5 Å². The Labute approximate surface area is 127 Å². The van der Waals surface area contributed by atoms with E-state index in [9.17, 15) is 61.5 Å². The topological polar surface area (TPSA) is 0 Å². The predicted molar refractivity (Wildman–Crippen MR) is 48.9 cm³/mol. The van der Waals surface area contributed by atoms with Crippen LogP contribution in [0.15, 0.2) is 0 Å². The van der Waals surface area contributed by atoms with E-state index in [4.69, 9.17) is 0 Å². The second kappa shape index (κ2) is 4.69. The molecule has 0 radical (unpaired) electrons. The highest BCUT2D eigenvalue weighted by molar-refractivity contribution is 5.54. The third-order valence-corrected chi connectivity index (χ3v) is 3.61. The first kappa shape index (κ1) is 19.6. The highest BCUT2D eigenvalue weighted by atomic mass is 19.4. The average molecular weight is 398 g/mol. The first-order valence-electron chi connectivity index (χ1n) is 5.65. The summed E-state index contributed by atoms with van der Waals surface area (Å²) in [5.74, 6) is -19.1. The highest BCUT2D eigenvalue weighted by Gasteiger charge is 2.94. The van der Waals surface area contributed by atoms with E-state index in [1.54, 1.807) is 0 Å². The van der Waals surface area contributed by atoms with Gasteiger partial charge in [-0.15, -0.1) is 0 Å². The Morgan fingerprint density at radius 2 is 0.840 bits per heavy atom. The van der Waals surface area contributed by atoms with Crippen molar-refractivity contribution in [1.82, 2.24) is 0 Å². The molecule has 2 rings (SSSR count). The van der Waals surface area contributed by atoms with Gasteiger partial charge in [-0.2, -0.15) is 35.1 Å². The Morgan fingerprint density at radius 1 is 0.520 bits per heavy atom. The minimum atomic E-state index is -7.46. The third kappa shape index (κ3) is 1.85. The van der Waals surface area contributed by atoms with Crippen molar-refractivity contribution in [3.8, 4) is 0 Å². The summed E-state index contributed by atoms with van der Waals surface area (Å²) in [7, 11) is 0. The van der Waals surface area contributed by atoms with Crippen LogP contribution in [0.25, 0.3) is 0 Å². The number of fused-ring (bicyclic) bond motifs is 1. The predicted octanol–water partition coefficient (Wildman–Crippen LogP) is 5.35. The van der Waals surface area contributed by atoms with Crippen LogP contribution in [-0.4, -0.2) is 18.0 Å². The number of rotatable bonds is 1. The molecule has 1 aromatic carbocycles. The van der Waals surface area contributed by atoms with Gasteiger partial charge in [-0.3, -0.25) is 0 Å². The van der Waals surface area contributed by atoms with Crippen molar-refractivity contribution in [2.45, 2.75) is 29.6 Å².